The molecule has 2 heterocycles. The summed E-state index contributed by atoms with van der Waals surface area (Å²) in [5.41, 5.74) is 8.18. The van der Waals surface area contributed by atoms with Crippen LogP contribution in [0, 0.1) is 27.7 Å². The van der Waals surface area contributed by atoms with E-state index >= 15 is 0 Å². The third kappa shape index (κ3) is 4.35. The van der Waals surface area contributed by atoms with Gasteiger partial charge in [0.05, 0.1) is 24.9 Å². The van der Waals surface area contributed by atoms with Gasteiger partial charge in [0.15, 0.2) is 0 Å². The van der Waals surface area contributed by atoms with Crippen molar-refractivity contribution in [2.24, 2.45) is 0 Å². The summed E-state index contributed by atoms with van der Waals surface area (Å²) in [6.07, 6.45) is 1.81. The Morgan fingerprint density at radius 3 is 2.28 bits per heavy atom. The van der Waals surface area contributed by atoms with Crippen LogP contribution in [0.3, 0.4) is 0 Å². The fourth-order valence-corrected chi connectivity index (χ4v) is 4.84. The van der Waals surface area contributed by atoms with Crippen molar-refractivity contribution < 1.29 is 19.1 Å². The van der Waals surface area contributed by atoms with Gasteiger partial charge >= 0.3 is 5.97 Å². The first-order valence-electron chi connectivity index (χ1n) is 12.0. The van der Waals surface area contributed by atoms with E-state index in [2.05, 4.69) is 36.6 Å². The molecule has 1 amide bonds. The minimum absolute atomic E-state index is 0.223. The summed E-state index contributed by atoms with van der Waals surface area (Å²) in [5.74, 6) is -0.0851. The smallest absolute Gasteiger partial charge is 0.340 e. The lowest BCUT2D eigenvalue weighted by Crippen LogP contribution is -2.24. The van der Waals surface area contributed by atoms with Crippen molar-refractivity contribution in [1.82, 2.24) is 4.57 Å². The van der Waals surface area contributed by atoms with Gasteiger partial charge in [-0.3, -0.25) is 9.69 Å². The highest BCUT2D eigenvalue weighted by Crippen LogP contribution is 2.37. The number of amides is 1. The number of carbonyl (C=O) groups is 2. The number of carbonyl (C=O) groups excluding carboxylic acids is 2. The van der Waals surface area contributed by atoms with Gasteiger partial charge < -0.3 is 14.0 Å². The number of rotatable bonds is 6. The van der Waals surface area contributed by atoms with Gasteiger partial charge in [-0.25, -0.2) is 4.79 Å². The number of hydrogen-bond acceptors (Lipinski definition) is 4. The van der Waals surface area contributed by atoms with Crippen LogP contribution >= 0.6 is 0 Å². The zero-order valence-electron chi connectivity index (χ0n) is 21.9. The molecule has 4 rings (SSSR count). The van der Waals surface area contributed by atoms with Gasteiger partial charge in [-0.2, -0.15) is 0 Å². The van der Waals surface area contributed by atoms with Crippen LogP contribution < -0.4 is 9.64 Å². The molecule has 0 bridgehead atoms. The first kappa shape index (κ1) is 25.0. The van der Waals surface area contributed by atoms with E-state index in [9.17, 15) is 9.59 Å². The lowest BCUT2D eigenvalue weighted by molar-refractivity contribution is -0.138. The largest absolute Gasteiger partial charge is 0.497 e. The molecule has 6 heteroatoms. The van der Waals surface area contributed by atoms with Crippen LogP contribution in [0.25, 0.3) is 11.8 Å². The third-order valence-corrected chi connectivity index (χ3v) is 6.57. The Morgan fingerprint density at radius 1 is 0.972 bits per heavy atom. The highest BCUT2D eigenvalue weighted by Gasteiger charge is 2.38. The number of benzene rings is 2. The molecule has 0 unspecified atom stereocenters. The minimum atomic E-state index is -0.506. The fourth-order valence-electron chi connectivity index (χ4n) is 4.84. The summed E-state index contributed by atoms with van der Waals surface area (Å²) < 4.78 is 12.8. The number of hydrogen-bond donors (Lipinski definition) is 0. The van der Waals surface area contributed by atoms with Crippen LogP contribution in [0.2, 0.25) is 0 Å². The average Bonchev–Trinajstić information content (AvgIpc) is 3.25. The van der Waals surface area contributed by atoms with E-state index in [0.717, 1.165) is 22.6 Å². The summed E-state index contributed by atoms with van der Waals surface area (Å²) >= 11 is 0. The predicted molar refractivity (Wildman–Crippen MR) is 143 cm³/mol. The maximum Gasteiger partial charge on any atom is 0.340 e. The molecule has 0 saturated carbocycles. The predicted octanol–water partition coefficient (Wildman–Crippen LogP) is 5.99. The molecule has 2 aromatic carbocycles. The third-order valence-electron chi connectivity index (χ3n) is 6.57. The Hall–Kier alpha value is -4.06. The molecule has 0 fully saturated rings. The second-order valence-corrected chi connectivity index (χ2v) is 9.03. The van der Waals surface area contributed by atoms with Crippen molar-refractivity contribution in [2.45, 2.75) is 41.5 Å². The molecule has 1 aromatic heterocycles. The summed E-state index contributed by atoms with van der Waals surface area (Å²) in [7, 11) is 1.59. The molecule has 6 nitrogen and oxygen atoms in total. The molecular formula is C30H32N2O4. The van der Waals surface area contributed by atoms with E-state index in [0.29, 0.717) is 22.7 Å². The SMILES string of the molecule is CCOC(=O)C1=C(C)N(c2ccc(OC)cc2)C(=O)C1=Cc1cc(C)n(-c2ccc(C)cc2C)c1C. The zero-order valence-corrected chi connectivity index (χ0v) is 21.9. The van der Waals surface area contributed by atoms with E-state index < -0.39 is 5.97 Å². The molecule has 0 spiro atoms. The zero-order chi connectivity index (χ0) is 26.1. The molecule has 186 valence electrons. The van der Waals surface area contributed by atoms with Crippen molar-refractivity contribution in [2.75, 3.05) is 18.6 Å². The molecule has 36 heavy (non-hydrogen) atoms. The molecule has 0 N–H and O–H groups in total. The number of anilines is 1. The highest BCUT2D eigenvalue weighted by atomic mass is 16.5. The summed E-state index contributed by atoms with van der Waals surface area (Å²) in [6, 6.07) is 15.6. The maximum atomic E-state index is 13.7. The Balaban J connectivity index is 1.84. The van der Waals surface area contributed by atoms with Crippen LogP contribution in [0.5, 0.6) is 5.75 Å². The molecule has 3 aromatic rings. The second kappa shape index (κ2) is 9.90. The van der Waals surface area contributed by atoms with Gasteiger partial charge in [0.2, 0.25) is 0 Å². The van der Waals surface area contributed by atoms with Crippen LogP contribution in [0.15, 0.2) is 65.4 Å². The number of aromatic nitrogens is 1. The molecule has 0 aliphatic carbocycles. The van der Waals surface area contributed by atoms with E-state index in [4.69, 9.17) is 9.47 Å². The normalized spacial score (nSPS) is 14.7. The molecule has 1 aliphatic heterocycles. The molecule has 1 aliphatic rings. The van der Waals surface area contributed by atoms with Gasteiger partial charge in [-0.05, 0) is 95.1 Å². The van der Waals surface area contributed by atoms with E-state index in [1.165, 1.54) is 11.1 Å². The second-order valence-electron chi connectivity index (χ2n) is 9.03. The monoisotopic (exact) mass is 484 g/mol. The molecule has 0 radical (unpaired) electrons. The quantitative estimate of drug-likeness (QED) is 0.319. The Bertz CT molecular complexity index is 1410. The van der Waals surface area contributed by atoms with Gasteiger partial charge in [0.25, 0.3) is 5.91 Å². The van der Waals surface area contributed by atoms with E-state index in [-0.39, 0.29) is 18.1 Å². The standard InChI is InChI=1S/C30H32N2O4/c1-8-36-30(34)28-22(6)32(24-10-12-25(35-7)13-11-24)29(33)26(28)17-23-16-20(4)31(21(23)5)27-14-9-18(2)15-19(27)3/h9-17H,8H2,1-7H3. The first-order chi connectivity index (χ1) is 17.2. The van der Waals surface area contributed by atoms with Gasteiger partial charge in [-0.1, -0.05) is 17.7 Å². The highest BCUT2D eigenvalue weighted by molar-refractivity contribution is 6.23. The Kier molecular flexibility index (Phi) is 6.88. The Morgan fingerprint density at radius 2 is 1.67 bits per heavy atom. The number of esters is 1. The topological polar surface area (TPSA) is 60.8 Å². The van der Waals surface area contributed by atoms with E-state index in [1.807, 2.05) is 26.0 Å². The number of allylic oxidation sites excluding steroid dienone is 1. The fraction of sp³-hybridized carbons (Fsp3) is 0.267. The van der Waals surface area contributed by atoms with Crippen molar-refractivity contribution in [3.63, 3.8) is 0 Å². The lowest BCUT2D eigenvalue weighted by atomic mass is 10.0. The summed E-state index contributed by atoms with van der Waals surface area (Å²) in [4.78, 5) is 28.3. The number of nitrogens with zero attached hydrogens (tertiary/aromatic N) is 2. The van der Waals surface area contributed by atoms with Crippen LogP contribution in [-0.2, 0) is 14.3 Å². The Labute approximate surface area is 212 Å². The number of ether oxygens (including phenoxy) is 2. The minimum Gasteiger partial charge on any atom is -0.497 e. The van der Waals surface area contributed by atoms with Crippen molar-refractivity contribution in [1.29, 1.82) is 0 Å². The van der Waals surface area contributed by atoms with Crippen LogP contribution in [0.4, 0.5) is 5.69 Å². The average molecular weight is 485 g/mol. The molecular weight excluding hydrogens is 452 g/mol. The maximum absolute atomic E-state index is 13.7. The first-order valence-corrected chi connectivity index (χ1v) is 12.0. The van der Waals surface area contributed by atoms with E-state index in [1.54, 1.807) is 50.1 Å². The summed E-state index contributed by atoms with van der Waals surface area (Å²) in [5, 5.41) is 0. The molecule has 0 saturated heterocycles. The van der Waals surface area contributed by atoms with Gasteiger partial charge in [-0.15, -0.1) is 0 Å². The van der Waals surface area contributed by atoms with Crippen LogP contribution in [-0.4, -0.2) is 30.2 Å². The summed E-state index contributed by atoms with van der Waals surface area (Å²) in [6.45, 7) is 12.0. The van der Waals surface area contributed by atoms with Crippen LogP contribution in [0.1, 0.15) is 41.9 Å². The van der Waals surface area contributed by atoms with Gasteiger partial charge in [0.1, 0.15) is 5.75 Å². The van der Waals surface area contributed by atoms with Crippen molar-refractivity contribution in [3.8, 4) is 11.4 Å². The van der Waals surface area contributed by atoms with Crippen molar-refractivity contribution >= 4 is 23.6 Å². The van der Waals surface area contributed by atoms with Gasteiger partial charge in [0, 0.05) is 28.5 Å². The lowest BCUT2D eigenvalue weighted by Gasteiger charge is -2.18. The number of methoxy groups -OCH3 is 1. The number of aryl methyl sites for hydroxylation is 3. The molecule has 0 atom stereocenters. The van der Waals surface area contributed by atoms with Crippen molar-refractivity contribution in [3.05, 3.63) is 93.5 Å².